The van der Waals surface area contributed by atoms with Crippen LogP contribution in [-0.2, 0) is 6.42 Å². The van der Waals surface area contributed by atoms with Crippen LogP contribution in [0.4, 0.5) is 0 Å². The normalized spacial score (nSPS) is 9.35. The largest absolute Gasteiger partial charge is 0.0985 e. The predicted octanol–water partition coefficient (Wildman–Crippen LogP) is 5.84. The third-order valence-corrected chi connectivity index (χ3v) is 3.27. The monoisotopic (exact) mass is 264 g/mol. The predicted molar refractivity (Wildman–Crippen MR) is 91.9 cm³/mol. The summed E-state index contributed by atoms with van der Waals surface area (Å²) in [6.07, 6.45) is 4.85. The van der Waals surface area contributed by atoms with E-state index in [4.69, 9.17) is 0 Å². The zero-order valence-corrected chi connectivity index (χ0v) is 12.8. The van der Waals surface area contributed by atoms with Crippen LogP contribution in [-0.4, -0.2) is 0 Å². The first-order chi connectivity index (χ1) is 9.60. The maximum atomic E-state index is 3.72. The van der Waals surface area contributed by atoms with Crippen LogP contribution < -0.4 is 0 Å². The molecule has 0 saturated carbocycles. The Morgan fingerprint density at radius 2 is 1.55 bits per heavy atom. The van der Waals surface area contributed by atoms with Gasteiger partial charge in [0, 0.05) is 0 Å². The van der Waals surface area contributed by atoms with E-state index in [1.54, 1.807) is 0 Å². The van der Waals surface area contributed by atoms with Gasteiger partial charge in [0.05, 0.1) is 0 Å². The summed E-state index contributed by atoms with van der Waals surface area (Å²) in [7, 11) is 0. The smallest absolute Gasteiger partial charge is 0.0233 e. The first-order valence-corrected chi connectivity index (χ1v) is 7.01. The zero-order chi connectivity index (χ0) is 15.0. The van der Waals surface area contributed by atoms with Gasteiger partial charge in [0.2, 0.25) is 0 Å². The third-order valence-electron chi connectivity index (χ3n) is 3.27. The van der Waals surface area contributed by atoms with Gasteiger partial charge in [-0.2, -0.15) is 0 Å². The molecule has 0 amide bonds. The molecule has 0 heterocycles. The number of hydrogen-bond acceptors (Lipinski definition) is 0. The van der Waals surface area contributed by atoms with E-state index in [-0.39, 0.29) is 0 Å². The fourth-order valence-electron chi connectivity index (χ4n) is 1.94. The third kappa shape index (κ3) is 4.89. The van der Waals surface area contributed by atoms with Gasteiger partial charge in [-0.3, -0.25) is 0 Å². The topological polar surface area (TPSA) is 0 Å². The van der Waals surface area contributed by atoms with Crippen molar-refractivity contribution in [2.24, 2.45) is 0 Å². The maximum absolute atomic E-state index is 3.72. The van der Waals surface area contributed by atoms with Crippen LogP contribution in [0.5, 0.6) is 0 Å². The molecule has 0 spiro atoms. The lowest BCUT2D eigenvalue weighted by molar-refractivity contribution is 1.14. The number of rotatable bonds is 3. The Hall–Kier alpha value is -2.08. The van der Waals surface area contributed by atoms with Crippen molar-refractivity contribution in [3.63, 3.8) is 0 Å². The zero-order valence-electron chi connectivity index (χ0n) is 12.8. The Bertz CT molecular complexity index is 559. The van der Waals surface area contributed by atoms with Crippen molar-refractivity contribution in [1.82, 2.24) is 0 Å². The second kappa shape index (κ2) is 8.16. The molecule has 0 aliphatic rings. The van der Waals surface area contributed by atoms with E-state index in [1.165, 1.54) is 27.8 Å². The van der Waals surface area contributed by atoms with Crippen LogP contribution in [0.15, 0.2) is 55.6 Å². The van der Waals surface area contributed by atoms with Crippen LogP contribution in [0.1, 0.15) is 34.7 Å². The highest BCUT2D eigenvalue weighted by Gasteiger charge is 1.91. The Morgan fingerprint density at radius 3 is 2.00 bits per heavy atom. The first-order valence-electron chi connectivity index (χ1n) is 7.01. The number of hydrogen-bond donors (Lipinski definition) is 0. The second-order valence-corrected chi connectivity index (χ2v) is 4.86. The Balaban J connectivity index is 0.000000200. The molecule has 0 bridgehead atoms. The summed E-state index contributed by atoms with van der Waals surface area (Å²) in [4.78, 5) is 0. The van der Waals surface area contributed by atoms with Gasteiger partial charge in [-0.15, -0.1) is 0 Å². The van der Waals surface area contributed by atoms with E-state index >= 15 is 0 Å². The highest BCUT2D eigenvalue weighted by molar-refractivity contribution is 5.52. The van der Waals surface area contributed by atoms with Crippen molar-refractivity contribution in [2.75, 3.05) is 0 Å². The molecule has 20 heavy (non-hydrogen) atoms. The van der Waals surface area contributed by atoms with Gasteiger partial charge in [0.25, 0.3) is 0 Å². The average molecular weight is 264 g/mol. The molecule has 104 valence electrons. The van der Waals surface area contributed by atoms with E-state index in [2.05, 4.69) is 76.4 Å². The molecule has 0 unspecified atom stereocenters. The summed E-state index contributed by atoms with van der Waals surface area (Å²) in [5, 5.41) is 0. The van der Waals surface area contributed by atoms with Crippen molar-refractivity contribution < 1.29 is 0 Å². The van der Waals surface area contributed by atoms with Crippen molar-refractivity contribution in [2.45, 2.75) is 27.2 Å². The standard InChI is InChI=1S/2C10H12/c1-4-10-6-5-8(2)7-9(10)3;1-3-9-5-7-10(4-2)8-6-9/h4-7H,1H2,2-3H3;3,5-8H,1,4H2,2H3. The van der Waals surface area contributed by atoms with E-state index in [1.807, 2.05) is 12.2 Å². The lowest BCUT2D eigenvalue weighted by Crippen LogP contribution is -1.80. The number of benzene rings is 2. The fourth-order valence-corrected chi connectivity index (χ4v) is 1.94. The molecule has 0 saturated heterocycles. The molecule has 0 radical (unpaired) electrons. The van der Waals surface area contributed by atoms with Crippen LogP contribution in [0.3, 0.4) is 0 Å². The fraction of sp³-hybridized carbons (Fsp3) is 0.200. The highest BCUT2D eigenvalue weighted by Crippen LogP contribution is 2.10. The van der Waals surface area contributed by atoms with Crippen LogP contribution >= 0.6 is 0 Å². The minimum absolute atomic E-state index is 1.11. The Labute approximate surface area is 123 Å². The van der Waals surface area contributed by atoms with Gasteiger partial charge in [-0.25, -0.2) is 0 Å². The molecule has 2 rings (SSSR count). The molecule has 0 fully saturated rings. The molecular weight excluding hydrogens is 240 g/mol. The summed E-state index contributed by atoms with van der Waals surface area (Å²) in [5.41, 5.74) is 6.41. The van der Waals surface area contributed by atoms with Crippen molar-refractivity contribution >= 4 is 12.2 Å². The van der Waals surface area contributed by atoms with Crippen molar-refractivity contribution in [3.05, 3.63) is 83.4 Å². The van der Waals surface area contributed by atoms with Crippen LogP contribution in [0, 0.1) is 13.8 Å². The number of aryl methyl sites for hydroxylation is 3. The molecule has 2 aromatic rings. The summed E-state index contributed by atoms with van der Waals surface area (Å²) < 4.78 is 0. The van der Waals surface area contributed by atoms with Gasteiger partial charge in [0.1, 0.15) is 0 Å². The quantitative estimate of drug-likeness (QED) is 0.653. The average Bonchev–Trinajstić information content (AvgIpc) is 2.48. The Kier molecular flexibility index (Phi) is 6.52. The summed E-state index contributed by atoms with van der Waals surface area (Å²) in [6.45, 7) is 13.8. The maximum Gasteiger partial charge on any atom is -0.0233 e. The molecule has 0 atom stereocenters. The SMILES string of the molecule is C=Cc1ccc(C)cc1C.C=Cc1ccc(CC)cc1. The van der Waals surface area contributed by atoms with Gasteiger partial charge < -0.3 is 0 Å². The summed E-state index contributed by atoms with van der Waals surface area (Å²) in [5.74, 6) is 0. The highest BCUT2D eigenvalue weighted by atomic mass is 14.0. The van der Waals surface area contributed by atoms with E-state index in [0.29, 0.717) is 0 Å². The molecule has 0 heteroatoms. The second-order valence-electron chi connectivity index (χ2n) is 4.86. The molecule has 0 aliphatic carbocycles. The van der Waals surface area contributed by atoms with Crippen molar-refractivity contribution in [1.29, 1.82) is 0 Å². The summed E-state index contributed by atoms with van der Waals surface area (Å²) >= 11 is 0. The lowest BCUT2D eigenvalue weighted by Gasteiger charge is -1.99. The molecule has 0 aromatic heterocycles. The Morgan fingerprint density at radius 1 is 0.900 bits per heavy atom. The first kappa shape index (κ1) is 16.0. The minimum Gasteiger partial charge on any atom is -0.0985 e. The van der Waals surface area contributed by atoms with Gasteiger partial charge in [0.15, 0.2) is 0 Å². The lowest BCUT2D eigenvalue weighted by atomic mass is 10.1. The van der Waals surface area contributed by atoms with Crippen molar-refractivity contribution in [3.8, 4) is 0 Å². The molecular formula is C20H24. The molecule has 0 N–H and O–H groups in total. The molecule has 0 aliphatic heterocycles. The van der Waals surface area contributed by atoms with E-state index < -0.39 is 0 Å². The summed E-state index contributed by atoms with van der Waals surface area (Å²) in [6, 6.07) is 14.8. The van der Waals surface area contributed by atoms with Crippen LogP contribution in [0.25, 0.3) is 12.2 Å². The minimum atomic E-state index is 1.11. The van der Waals surface area contributed by atoms with E-state index in [0.717, 1.165) is 6.42 Å². The van der Waals surface area contributed by atoms with Crippen LogP contribution in [0.2, 0.25) is 0 Å². The molecule has 0 nitrogen and oxygen atoms in total. The molecule has 2 aromatic carbocycles. The van der Waals surface area contributed by atoms with Gasteiger partial charge in [-0.1, -0.05) is 80.3 Å². The van der Waals surface area contributed by atoms with Gasteiger partial charge >= 0.3 is 0 Å². The van der Waals surface area contributed by atoms with E-state index in [9.17, 15) is 0 Å². The van der Waals surface area contributed by atoms with Gasteiger partial charge in [-0.05, 0) is 42.5 Å².